The van der Waals surface area contributed by atoms with Crippen LogP contribution < -0.4 is 0 Å². The molecule has 0 heterocycles. The number of oxime groups is 1. The molecule has 0 unspecified atom stereocenters. The second kappa shape index (κ2) is 7.97. The summed E-state index contributed by atoms with van der Waals surface area (Å²) in [6, 6.07) is 0. The SMILES string of the molecule is C=C(C)C(=O)OC.CC(=O)/C(C)=N\O. The molecule has 0 spiro atoms. The first-order valence-electron chi connectivity index (χ1n) is 3.80. The summed E-state index contributed by atoms with van der Waals surface area (Å²) in [7, 11) is 1.33. The zero-order valence-corrected chi connectivity index (χ0v) is 8.83. The Morgan fingerprint density at radius 2 is 1.71 bits per heavy atom. The lowest BCUT2D eigenvalue weighted by molar-refractivity contribution is -0.136. The molecule has 14 heavy (non-hydrogen) atoms. The number of carbonyl (C=O) groups excluding carboxylic acids is 2. The van der Waals surface area contributed by atoms with E-state index in [-0.39, 0.29) is 17.5 Å². The molecule has 0 aromatic heterocycles. The summed E-state index contributed by atoms with van der Waals surface area (Å²) in [5.41, 5.74) is 0.572. The van der Waals surface area contributed by atoms with Crippen molar-refractivity contribution in [2.45, 2.75) is 20.8 Å². The summed E-state index contributed by atoms with van der Waals surface area (Å²) in [6.45, 7) is 7.74. The minimum Gasteiger partial charge on any atom is -0.466 e. The van der Waals surface area contributed by atoms with E-state index in [4.69, 9.17) is 5.21 Å². The van der Waals surface area contributed by atoms with Gasteiger partial charge in [-0.1, -0.05) is 11.7 Å². The normalized spacial score (nSPS) is 9.57. The van der Waals surface area contributed by atoms with Gasteiger partial charge in [0.25, 0.3) is 0 Å². The number of methoxy groups -OCH3 is 1. The fraction of sp³-hybridized carbons (Fsp3) is 0.444. The van der Waals surface area contributed by atoms with Gasteiger partial charge in [0.1, 0.15) is 5.71 Å². The van der Waals surface area contributed by atoms with E-state index in [1.54, 1.807) is 6.92 Å². The molecule has 0 aromatic carbocycles. The first-order chi connectivity index (χ1) is 6.36. The van der Waals surface area contributed by atoms with E-state index >= 15 is 0 Å². The molecule has 1 N–H and O–H groups in total. The molecule has 0 bridgehead atoms. The highest BCUT2D eigenvalue weighted by Gasteiger charge is 1.95. The molecule has 0 saturated heterocycles. The van der Waals surface area contributed by atoms with Crippen LogP contribution in [0.15, 0.2) is 17.3 Å². The summed E-state index contributed by atoms with van der Waals surface area (Å²) in [6.07, 6.45) is 0. The maximum atomic E-state index is 10.2. The van der Waals surface area contributed by atoms with E-state index in [9.17, 15) is 9.59 Å². The fourth-order valence-corrected chi connectivity index (χ4v) is 0.245. The Bertz CT molecular complexity index is 256. The standard InChI is InChI=1S/C5H8O2.C4H7NO2/c1-4(2)5(6)7-3;1-3(5-7)4(2)6/h1H2,2-3H3;7H,1-2H3/b;5-3-. The highest BCUT2D eigenvalue weighted by Crippen LogP contribution is 1.87. The van der Waals surface area contributed by atoms with Crippen molar-refractivity contribution < 1.29 is 19.5 Å². The van der Waals surface area contributed by atoms with Gasteiger partial charge in [-0.05, 0) is 13.8 Å². The molecule has 0 radical (unpaired) electrons. The summed E-state index contributed by atoms with van der Waals surface area (Å²) in [4.78, 5) is 20.3. The molecule has 80 valence electrons. The maximum absolute atomic E-state index is 10.2. The van der Waals surface area contributed by atoms with Crippen molar-refractivity contribution in [3.63, 3.8) is 0 Å². The fourth-order valence-electron chi connectivity index (χ4n) is 0.245. The van der Waals surface area contributed by atoms with Crippen molar-refractivity contribution in [3.8, 4) is 0 Å². The molecule has 0 aromatic rings. The van der Waals surface area contributed by atoms with E-state index in [0.29, 0.717) is 5.57 Å². The van der Waals surface area contributed by atoms with Gasteiger partial charge in [-0.2, -0.15) is 0 Å². The van der Waals surface area contributed by atoms with Crippen LogP contribution in [0.4, 0.5) is 0 Å². The van der Waals surface area contributed by atoms with Gasteiger partial charge in [-0.3, -0.25) is 4.79 Å². The van der Waals surface area contributed by atoms with Crippen LogP contribution in [0.2, 0.25) is 0 Å². The van der Waals surface area contributed by atoms with Crippen LogP contribution in [0.25, 0.3) is 0 Å². The van der Waals surface area contributed by atoms with Gasteiger partial charge in [0.15, 0.2) is 5.78 Å². The van der Waals surface area contributed by atoms with Crippen molar-refractivity contribution >= 4 is 17.5 Å². The lowest BCUT2D eigenvalue weighted by atomic mass is 10.3. The first kappa shape index (κ1) is 14.9. The Balaban J connectivity index is 0. The van der Waals surface area contributed by atoms with Crippen LogP contribution in [-0.4, -0.2) is 29.8 Å². The molecule has 0 aliphatic carbocycles. The summed E-state index contributed by atoms with van der Waals surface area (Å²) in [5, 5.41) is 10.5. The van der Waals surface area contributed by atoms with Crippen LogP contribution in [0, 0.1) is 0 Å². The molecule has 0 saturated carbocycles. The minimum atomic E-state index is -0.347. The molecule has 0 atom stereocenters. The van der Waals surface area contributed by atoms with Crippen molar-refractivity contribution in [2.75, 3.05) is 7.11 Å². The van der Waals surface area contributed by atoms with Crippen LogP contribution in [0.5, 0.6) is 0 Å². The third kappa shape index (κ3) is 8.45. The number of hydrogen-bond donors (Lipinski definition) is 1. The highest BCUT2D eigenvalue weighted by molar-refractivity contribution is 6.37. The van der Waals surface area contributed by atoms with Gasteiger partial charge >= 0.3 is 5.97 Å². The van der Waals surface area contributed by atoms with Crippen LogP contribution >= 0.6 is 0 Å². The lowest BCUT2D eigenvalue weighted by Crippen LogP contribution is -2.02. The molecule has 0 rings (SSSR count). The smallest absolute Gasteiger partial charge is 0.332 e. The number of esters is 1. The Morgan fingerprint density at radius 1 is 1.29 bits per heavy atom. The van der Waals surface area contributed by atoms with Crippen LogP contribution in [-0.2, 0) is 14.3 Å². The van der Waals surface area contributed by atoms with E-state index in [1.165, 1.54) is 21.0 Å². The molecule has 0 aliphatic heterocycles. The predicted molar refractivity (Wildman–Crippen MR) is 52.4 cm³/mol. The molecular weight excluding hydrogens is 186 g/mol. The Labute approximate surface area is 83.1 Å². The van der Waals surface area contributed by atoms with Gasteiger partial charge in [0.05, 0.1) is 7.11 Å². The van der Waals surface area contributed by atoms with Crippen molar-refractivity contribution in [1.82, 2.24) is 0 Å². The van der Waals surface area contributed by atoms with E-state index in [0.717, 1.165) is 0 Å². The molecule has 0 amide bonds. The molecule has 5 nitrogen and oxygen atoms in total. The number of carbonyl (C=O) groups is 2. The predicted octanol–water partition coefficient (Wildman–Crippen LogP) is 1.16. The number of nitrogens with zero attached hydrogens (tertiary/aromatic N) is 1. The maximum Gasteiger partial charge on any atom is 0.332 e. The van der Waals surface area contributed by atoms with Crippen molar-refractivity contribution in [2.24, 2.45) is 5.16 Å². The number of Topliss-reactive ketones (excluding diaryl/α,β-unsaturated/α-hetero) is 1. The largest absolute Gasteiger partial charge is 0.466 e. The van der Waals surface area contributed by atoms with Crippen LogP contribution in [0.1, 0.15) is 20.8 Å². The number of ketones is 1. The van der Waals surface area contributed by atoms with E-state index in [2.05, 4.69) is 16.5 Å². The average molecular weight is 201 g/mol. The monoisotopic (exact) mass is 201 g/mol. The Hall–Kier alpha value is -1.65. The second-order valence-electron chi connectivity index (χ2n) is 2.51. The molecule has 0 aliphatic rings. The third-order valence-electron chi connectivity index (χ3n) is 1.19. The number of rotatable bonds is 2. The zero-order chi connectivity index (χ0) is 11.7. The minimum absolute atomic E-state index is 0.139. The summed E-state index contributed by atoms with van der Waals surface area (Å²) in [5.74, 6) is -0.553. The molecule has 5 heteroatoms. The topological polar surface area (TPSA) is 76.0 Å². The average Bonchev–Trinajstić information content (AvgIpc) is 2.15. The Kier molecular flexibility index (Phi) is 8.46. The molecule has 0 fully saturated rings. The second-order valence-corrected chi connectivity index (χ2v) is 2.51. The van der Waals surface area contributed by atoms with Gasteiger partial charge in [0.2, 0.25) is 0 Å². The van der Waals surface area contributed by atoms with Gasteiger partial charge in [-0.25, -0.2) is 4.79 Å². The highest BCUT2D eigenvalue weighted by atomic mass is 16.5. The van der Waals surface area contributed by atoms with Crippen LogP contribution in [0.3, 0.4) is 0 Å². The molecular formula is C9H15NO4. The van der Waals surface area contributed by atoms with Crippen molar-refractivity contribution in [3.05, 3.63) is 12.2 Å². The van der Waals surface area contributed by atoms with E-state index in [1.807, 2.05) is 0 Å². The van der Waals surface area contributed by atoms with E-state index < -0.39 is 0 Å². The summed E-state index contributed by atoms with van der Waals surface area (Å²) < 4.78 is 4.27. The zero-order valence-electron chi connectivity index (χ0n) is 8.83. The summed E-state index contributed by atoms with van der Waals surface area (Å²) >= 11 is 0. The Morgan fingerprint density at radius 3 is 1.71 bits per heavy atom. The van der Waals surface area contributed by atoms with Gasteiger partial charge < -0.3 is 9.94 Å². The first-order valence-corrected chi connectivity index (χ1v) is 3.80. The van der Waals surface area contributed by atoms with Gasteiger partial charge in [-0.15, -0.1) is 0 Å². The number of hydrogen-bond acceptors (Lipinski definition) is 5. The van der Waals surface area contributed by atoms with Crippen molar-refractivity contribution in [1.29, 1.82) is 0 Å². The number of ether oxygens (including phenoxy) is 1. The van der Waals surface area contributed by atoms with Gasteiger partial charge in [0, 0.05) is 12.5 Å². The quantitative estimate of drug-likeness (QED) is 0.239. The lowest BCUT2D eigenvalue weighted by Gasteiger charge is -1.91. The third-order valence-corrected chi connectivity index (χ3v) is 1.19.